The summed E-state index contributed by atoms with van der Waals surface area (Å²) in [6.45, 7) is 15.9. The van der Waals surface area contributed by atoms with E-state index in [1.165, 1.54) is 0 Å². The Kier molecular flexibility index (Phi) is 6.22. The second kappa shape index (κ2) is 8.86. The fourth-order valence-corrected chi connectivity index (χ4v) is 11.7. The summed E-state index contributed by atoms with van der Waals surface area (Å²) < 4.78 is 0. The van der Waals surface area contributed by atoms with Gasteiger partial charge >= 0.3 is 5.97 Å². The van der Waals surface area contributed by atoms with E-state index in [0.717, 1.165) is 43.2 Å². The molecular formula is C36H49NO4. The molecule has 8 atom stereocenters. The SMILES string of the molecule is CC1(C)CC[C@]2(C(=O)O)CC[C@]3(C)[C@H](C(=O)C[C@@H]4[C@@]5(C)C/C(=C/c6cccnc6)C(=O)C(C)(C)[C@@H]5CC[C@]43C)[C@@H]2C1. The number of allylic oxidation sites excluding steroid dienone is 1. The van der Waals surface area contributed by atoms with E-state index >= 15 is 0 Å². The third kappa shape index (κ3) is 3.78. The molecule has 222 valence electrons. The minimum absolute atomic E-state index is 0.0449. The Morgan fingerprint density at radius 1 is 0.951 bits per heavy atom. The van der Waals surface area contributed by atoms with Crippen LogP contribution in [0.1, 0.15) is 112 Å². The van der Waals surface area contributed by atoms with Crippen LogP contribution in [0.25, 0.3) is 6.08 Å². The van der Waals surface area contributed by atoms with Gasteiger partial charge in [0.2, 0.25) is 0 Å². The number of ketones is 2. The number of carbonyl (C=O) groups is 3. The summed E-state index contributed by atoms with van der Waals surface area (Å²) in [5.74, 6) is -0.130. The van der Waals surface area contributed by atoms with Crippen molar-refractivity contribution in [3.8, 4) is 0 Å². The lowest BCUT2D eigenvalue weighted by Crippen LogP contribution is -2.69. The predicted octanol–water partition coefficient (Wildman–Crippen LogP) is 7.79. The number of aromatic nitrogens is 1. The van der Waals surface area contributed by atoms with Crippen molar-refractivity contribution in [2.75, 3.05) is 0 Å². The zero-order chi connectivity index (χ0) is 29.8. The van der Waals surface area contributed by atoms with Gasteiger partial charge in [0.05, 0.1) is 5.41 Å². The van der Waals surface area contributed by atoms with Gasteiger partial charge in [-0.05, 0) is 114 Å². The fourth-order valence-electron chi connectivity index (χ4n) is 11.7. The number of Topliss-reactive ketones (excluding diaryl/α,β-unsaturated/α-hetero) is 2. The van der Waals surface area contributed by atoms with E-state index in [1.54, 1.807) is 6.20 Å². The smallest absolute Gasteiger partial charge is 0.309 e. The molecule has 6 rings (SSSR count). The molecule has 0 amide bonds. The van der Waals surface area contributed by atoms with Gasteiger partial charge in [-0.3, -0.25) is 19.4 Å². The van der Waals surface area contributed by atoms with Gasteiger partial charge < -0.3 is 5.11 Å². The normalized spacial score (nSPS) is 45.7. The maximum absolute atomic E-state index is 14.6. The number of hydrogen-bond acceptors (Lipinski definition) is 4. The molecule has 0 radical (unpaired) electrons. The Hall–Kier alpha value is -2.30. The Morgan fingerprint density at radius 3 is 2.32 bits per heavy atom. The van der Waals surface area contributed by atoms with Crippen molar-refractivity contribution in [3.63, 3.8) is 0 Å². The quantitative estimate of drug-likeness (QED) is 0.374. The molecule has 5 saturated carbocycles. The van der Waals surface area contributed by atoms with Crippen LogP contribution in [0, 0.1) is 56.2 Å². The highest BCUT2D eigenvalue weighted by molar-refractivity contribution is 6.04. The van der Waals surface area contributed by atoms with Crippen LogP contribution in [0.5, 0.6) is 0 Å². The van der Waals surface area contributed by atoms with E-state index in [4.69, 9.17) is 0 Å². The highest BCUT2D eigenvalue weighted by Crippen LogP contribution is 2.76. The number of rotatable bonds is 2. The minimum atomic E-state index is -0.779. The summed E-state index contributed by atoms with van der Waals surface area (Å²) in [7, 11) is 0. The van der Waals surface area contributed by atoms with E-state index < -0.39 is 16.8 Å². The van der Waals surface area contributed by atoms with E-state index in [0.29, 0.717) is 25.7 Å². The first-order valence-electron chi connectivity index (χ1n) is 15.9. The first kappa shape index (κ1) is 28.8. The number of fused-ring (bicyclic) bond motifs is 7. The fraction of sp³-hybridized carbons (Fsp3) is 0.722. The van der Waals surface area contributed by atoms with Gasteiger partial charge in [-0.1, -0.05) is 54.5 Å². The number of carboxylic acid groups (broad SMARTS) is 1. The lowest BCUT2D eigenvalue weighted by Gasteiger charge is -2.72. The number of pyridine rings is 1. The molecule has 1 aromatic rings. The van der Waals surface area contributed by atoms with Crippen molar-refractivity contribution < 1.29 is 19.5 Å². The molecule has 0 bridgehead atoms. The van der Waals surface area contributed by atoms with Gasteiger partial charge in [0.15, 0.2) is 5.78 Å². The molecular weight excluding hydrogens is 510 g/mol. The molecule has 0 aliphatic heterocycles. The van der Waals surface area contributed by atoms with E-state index in [1.807, 2.05) is 24.4 Å². The van der Waals surface area contributed by atoms with Crippen LogP contribution in [0.15, 0.2) is 30.1 Å². The summed E-state index contributed by atoms with van der Waals surface area (Å²) in [6, 6.07) is 3.90. The number of carbonyl (C=O) groups excluding carboxylic acids is 2. The van der Waals surface area contributed by atoms with Gasteiger partial charge in [-0.25, -0.2) is 0 Å². The zero-order valence-electron chi connectivity index (χ0n) is 26.2. The second-order valence-electron chi connectivity index (χ2n) is 16.8. The van der Waals surface area contributed by atoms with Crippen molar-refractivity contribution in [2.45, 2.75) is 106 Å². The Morgan fingerprint density at radius 2 is 1.66 bits per heavy atom. The Balaban J connectivity index is 1.44. The third-order valence-electron chi connectivity index (χ3n) is 14.1. The summed E-state index contributed by atoms with van der Waals surface area (Å²) in [5, 5.41) is 10.6. The molecule has 0 unspecified atom stereocenters. The van der Waals surface area contributed by atoms with Crippen LogP contribution >= 0.6 is 0 Å². The molecule has 5 aliphatic rings. The summed E-state index contributed by atoms with van der Waals surface area (Å²) in [6.07, 6.45) is 12.6. The summed E-state index contributed by atoms with van der Waals surface area (Å²) >= 11 is 0. The van der Waals surface area contributed by atoms with Crippen LogP contribution in [-0.2, 0) is 14.4 Å². The highest BCUT2D eigenvalue weighted by atomic mass is 16.4. The van der Waals surface area contributed by atoms with Gasteiger partial charge in [-0.15, -0.1) is 0 Å². The average Bonchev–Trinajstić information content (AvgIpc) is 2.88. The van der Waals surface area contributed by atoms with Crippen LogP contribution in [-0.4, -0.2) is 27.6 Å². The third-order valence-corrected chi connectivity index (χ3v) is 14.1. The van der Waals surface area contributed by atoms with Gasteiger partial charge in [-0.2, -0.15) is 0 Å². The van der Waals surface area contributed by atoms with Crippen LogP contribution in [0.4, 0.5) is 0 Å². The van der Waals surface area contributed by atoms with E-state index in [2.05, 4.69) is 53.5 Å². The van der Waals surface area contributed by atoms with Gasteiger partial charge in [0, 0.05) is 30.1 Å². The summed E-state index contributed by atoms with van der Waals surface area (Å²) in [4.78, 5) is 45.8. The molecule has 1 heterocycles. The average molecular weight is 560 g/mol. The molecule has 5 nitrogen and oxygen atoms in total. The molecule has 0 saturated heterocycles. The first-order chi connectivity index (χ1) is 19.0. The van der Waals surface area contributed by atoms with Crippen molar-refractivity contribution in [3.05, 3.63) is 35.7 Å². The standard InChI is InChI=1S/C36H49NO4/c1-31(2)12-14-36(30(40)41)15-13-35(7)28(24(36)20-31)25(38)18-27-33(5)19-23(17-22-9-8-16-37-21-22)29(39)32(3,4)26(33)10-11-34(27,35)6/h8-9,16-17,21,24,26-28H,10-15,18-20H2,1-7H3,(H,40,41)/b23-17-/t24-,26-,27+,28-,33-,34+,35+,36-/m0/s1. The van der Waals surface area contributed by atoms with Crippen molar-refractivity contribution in [1.29, 1.82) is 0 Å². The van der Waals surface area contributed by atoms with E-state index in [-0.39, 0.29) is 56.9 Å². The maximum Gasteiger partial charge on any atom is 0.309 e. The predicted molar refractivity (Wildman–Crippen MR) is 160 cm³/mol. The zero-order valence-corrected chi connectivity index (χ0v) is 26.2. The topological polar surface area (TPSA) is 84.3 Å². The summed E-state index contributed by atoms with van der Waals surface area (Å²) in [5.41, 5.74) is -0.00130. The van der Waals surface area contributed by atoms with Crippen molar-refractivity contribution in [2.24, 2.45) is 56.2 Å². The largest absolute Gasteiger partial charge is 0.481 e. The molecule has 1 N–H and O–H groups in total. The number of hydrogen-bond donors (Lipinski definition) is 1. The first-order valence-corrected chi connectivity index (χ1v) is 15.9. The highest BCUT2D eigenvalue weighted by Gasteiger charge is 2.73. The number of aliphatic carboxylic acids is 1. The lowest BCUT2D eigenvalue weighted by molar-refractivity contribution is -0.233. The lowest BCUT2D eigenvalue weighted by atomic mass is 9.31. The second-order valence-corrected chi connectivity index (χ2v) is 16.8. The Labute approximate surface area is 246 Å². The molecule has 0 aromatic carbocycles. The molecule has 0 spiro atoms. The van der Waals surface area contributed by atoms with Crippen LogP contribution in [0.3, 0.4) is 0 Å². The van der Waals surface area contributed by atoms with Crippen LogP contribution in [0.2, 0.25) is 0 Å². The Bertz CT molecular complexity index is 1330. The number of nitrogens with zero attached hydrogens (tertiary/aromatic N) is 1. The molecule has 1 aromatic heterocycles. The van der Waals surface area contributed by atoms with Gasteiger partial charge in [0.25, 0.3) is 0 Å². The maximum atomic E-state index is 14.6. The van der Waals surface area contributed by atoms with E-state index in [9.17, 15) is 19.5 Å². The van der Waals surface area contributed by atoms with Crippen molar-refractivity contribution >= 4 is 23.6 Å². The van der Waals surface area contributed by atoms with Crippen LogP contribution < -0.4 is 0 Å². The van der Waals surface area contributed by atoms with Gasteiger partial charge in [0.1, 0.15) is 5.78 Å². The minimum Gasteiger partial charge on any atom is -0.481 e. The molecule has 5 fully saturated rings. The molecule has 41 heavy (non-hydrogen) atoms. The number of carboxylic acids is 1. The molecule has 5 aliphatic carbocycles. The molecule has 5 heteroatoms. The van der Waals surface area contributed by atoms with Crippen molar-refractivity contribution in [1.82, 2.24) is 4.98 Å². The monoisotopic (exact) mass is 559 g/mol.